The van der Waals surface area contributed by atoms with Crippen LogP contribution in [0.3, 0.4) is 0 Å². The van der Waals surface area contributed by atoms with Crippen LogP contribution in [0, 0.1) is 13.8 Å². The molecule has 3 rings (SSSR count). The molecule has 0 aromatic heterocycles. The van der Waals surface area contributed by atoms with Gasteiger partial charge in [-0.3, -0.25) is 9.52 Å². The number of carbonyl (C=O) groups excluding carboxylic acids is 1. The minimum absolute atomic E-state index is 0.142. The third kappa shape index (κ3) is 5.37. The molecule has 3 aromatic carbocycles. The summed E-state index contributed by atoms with van der Waals surface area (Å²) < 4.78 is 27.6. The van der Waals surface area contributed by atoms with Gasteiger partial charge in [0, 0.05) is 12.2 Å². The fourth-order valence-corrected chi connectivity index (χ4v) is 4.05. The van der Waals surface area contributed by atoms with Gasteiger partial charge in [0.15, 0.2) is 0 Å². The van der Waals surface area contributed by atoms with Crippen LogP contribution >= 0.6 is 11.6 Å². The summed E-state index contributed by atoms with van der Waals surface area (Å²) in [5.74, 6) is -0.382. The maximum atomic E-state index is 12.6. The molecule has 0 aliphatic carbocycles. The van der Waals surface area contributed by atoms with Gasteiger partial charge in [-0.05, 0) is 49.7 Å². The van der Waals surface area contributed by atoms with Crippen LogP contribution in [0.4, 0.5) is 5.69 Å². The highest BCUT2D eigenvalue weighted by Crippen LogP contribution is 2.23. The topological polar surface area (TPSA) is 75.3 Å². The zero-order valence-corrected chi connectivity index (χ0v) is 17.6. The van der Waals surface area contributed by atoms with E-state index in [1.807, 2.05) is 38.1 Å². The van der Waals surface area contributed by atoms with Crippen molar-refractivity contribution in [1.82, 2.24) is 5.32 Å². The second kappa shape index (κ2) is 8.68. The van der Waals surface area contributed by atoms with E-state index in [1.165, 1.54) is 30.3 Å². The number of nitrogens with one attached hydrogen (secondary N) is 2. The van der Waals surface area contributed by atoms with Crippen molar-refractivity contribution in [2.24, 2.45) is 0 Å². The summed E-state index contributed by atoms with van der Waals surface area (Å²) in [6.45, 7) is 4.20. The molecule has 0 heterocycles. The number of sulfonamides is 1. The first-order chi connectivity index (χ1) is 13.7. The van der Waals surface area contributed by atoms with E-state index in [0.29, 0.717) is 6.54 Å². The standard InChI is InChI=1S/C22H21ClN2O3S/c1-15-6-9-19(10-7-15)29(27,28)25-18-8-11-21(23)20(13-18)22(26)24-14-17-5-3-4-16(2)12-17/h3-13,25H,14H2,1-2H3,(H,24,26). The Labute approximate surface area is 175 Å². The maximum absolute atomic E-state index is 12.6. The normalized spacial score (nSPS) is 11.1. The van der Waals surface area contributed by atoms with Gasteiger partial charge in [0.25, 0.3) is 15.9 Å². The van der Waals surface area contributed by atoms with Gasteiger partial charge in [-0.1, -0.05) is 59.1 Å². The molecule has 0 radical (unpaired) electrons. The quantitative estimate of drug-likeness (QED) is 0.598. The van der Waals surface area contributed by atoms with Crippen LogP contribution in [0.1, 0.15) is 27.0 Å². The highest BCUT2D eigenvalue weighted by molar-refractivity contribution is 7.92. The van der Waals surface area contributed by atoms with Crippen LogP contribution in [0.25, 0.3) is 0 Å². The first-order valence-electron chi connectivity index (χ1n) is 8.97. The van der Waals surface area contributed by atoms with E-state index in [4.69, 9.17) is 11.6 Å². The predicted octanol–water partition coefficient (Wildman–Crippen LogP) is 4.69. The van der Waals surface area contributed by atoms with Crippen molar-refractivity contribution >= 4 is 33.2 Å². The minimum atomic E-state index is -3.77. The molecule has 29 heavy (non-hydrogen) atoms. The number of hydrogen-bond acceptors (Lipinski definition) is 3. The molecule has 0 bridgehead atoms. The van der Waals surface area contributed by atoms with E-state index in [9.17, 15) is 13.2 Å². The van der Waals surface area contributed by atoms with Crippen molar-refractivity contribution in [2.45, 2.75) is 25.3 Å². The molecule has 0 saturated carbocycles. The van der Waals surface area contributed by atoms with Crippen molar-refractivity contribution in [2.75, 3.05) is 4.72 Å². The highest BCUT2D eigenvalue weighted by Gasteiger charge is 2.17. The van der Waals surface area contributed by atoms with Gasteiger partial charge in [-0.25, -0.2) is 8.42 Å². The smallest absolute Gasteiger partial charge is 0.261 e. The monoisotopic (exact) mass is 428 g/mol. The minimum Gasteiger partial charge on any atom is -0.348 e. The largest absolute Gasteiger partial charge is 0.348 e. The van der Waals surface area contributed by atoms with Crippen LogP contribution in [-0.4, -0.2) is 14.3 Å². The molecule has 7 heteroatoms. The number of rotatable bonds is 6. The number of anilines is 1. The fraction of sp³-hybridized carbons (Fsp3) is 0.136. The lowest BCUT2D eigenvalue weighted by molar-refractivity contribution is 0.0951. The maximum Gasteiger partial charge on any atom is 0.261 e. The molecule has 0 aliphatic rings. The Hall–Kier alpha value is -2.83. The molecule has 5 nitrogen and oxygen atoms in total. The summed E-state index contributed by atoms with van der Waals surface area (Å²) in [4.78, 5) is 12.7. The van der Waals surface area contributed by atoms with Gasteiger partial charge in [-0.2, -0.15) is 0 Å². The fourth-order valence-electron chi connectivity index (χ4n) is 2.79. The highest BCUT2D eigenvalue weighted by atomic mass is 35.5. The first kappa shape index (κ1) is 20.9. The Morgan fingerprint density at radius 2 is 1.66 bits per heavy atom. The molecule has 0 saturated heterocycles. The lowest BCUT2D eigenvalue weighted by Gasteiger charge is -2.12. The van der Waals surface area contributed by atoms with E-state index < -0.39 is 10.0 Å². The van der Waals surface area contributed by atoms with Gasteiger partial charge in [0.2, 0.25) is 0 Å². The average molecular weight is 429 g/mol. The van der Waals surface area contributed by atoms with E-state index in [2.05, 4.69) is 10.0 Å². The molecule has 3 aromatic rings. The summed E-state index contributed by atoms with van der Waals surface area (Å²) >= 11 is 6.17. The Morgan fingerprint density at radius 1 is 0.931 bits per heavy atom. The van der Waals surface area contributed by atoms with Gasteiger partial charge in [-0.15, -0.1) is 0 Å². The number of aryl methyl sites for hydroxylation is 2. The Morgan fingerprint density at radius 3 is 2.34 bits per heavy atom. The van der Waals surface area contributed by atoms with Gasteiger partial charge in [0.05, 0.1) is 15.5 Å². The van der Waals surface area contributed by atoms with Crippen molar-refractivity contribution in [3.8, 4) is 0 Å². The average Bonchev–Trinajstić information content (AvgIpc) is 2.68. The van der Waals surface area contributed by atoms with Crippen LogP contribution < -0.4 is 10.0 Å². The molecule has 0 spiro atoms. The van der Waals surface area contributed by atoms with Crippen molar-refractivity contribution in [3.63, 3.8) is 0 Å². The molecule has 0 fully saturated rings. The number of halogens is 1. The van der Waals surface area contributed by atoms with E-state index >= 15 is 0 Å². The predicted molar refractivity (Wildman–Crippen MR) is 116 cm³/mol. The van der Waals surface area contributed by atoms with Gasteiger partial charge < -0.3 is 5.32 Å². The molecule has 1 amide bonds. The van der Waals surface area contributed by atoms with E-state index in [0.717, 1.165) is 16.7 Å². The van der Waals surface area contributed by atoms with Crippen molar-refractivity contribution in [3.05, 3.63) is 94.0 Å². The van der Waals surface area contributed by atoms with Crippen LogP contribution in [0.5, 0.6) is 0 Å². The molecule has 0 unspecified atom stereocenters. The van der Waals surface area contributed by atoms with Gasteiger partial charge in [0.1, 0.15) is 0 Å². The van der Waals surface area contributed by atoms with E-state index in [1.54, 1.807) is 12.1 Å². The molecular weight excluding hydrogens is 408 g/mol. The third-order valence-corrected chi connectivity index (χ3v) is 6.06. The zero-order chi connectivity index (χ0) is 21.0. The Bertz CT molecular complexity index is 1140. The number of amides is 1. The number of carbonyl (C=O) groups is 1. The summed E-state index contributed by atoms with van der Waals surface area (Å²) in [5.41, 5.74) is 3.48. The van der Waals surface area contributed by atoms with Crippen molar-refractivity contribution in [1.29, 1.82) is 0 Å². The molecular formula is C22H21ClN2O3S. The van der Waals surface area contributed by atoms with Crippen LogP contribution in [-0.2, 0) is 16.6 Å². The molecule has 150 valence electrons. The zero-order valence-electron chi connectivity index (χ0n) is 16.1. The molecule has 2 N–H and O–H groups in total. The molecule has 0 atom stereocenters. The molecule has 0 aliphatic heterocycles. The number of hydrogen-bond donors (Lipinski definition) is 2. The Balaban J connectivity index is 1.76. The summed E-state index contributed by atoms with van der Waals surface area (Å²) in [7, 11) is -3.77. The second-order valence-corrected chi connectivity index (χ2v) is 8.87. The second-order valence-electron chi connectivity index (χ2n) is 6.78. The van der Waals surface area contributed by atoms with Gasteiger partial charge >= 0.3 is 0 Å². The summed E-state index contributed by atoms with van der Waals surface area (Å²) in [6, 6.07) is 18.7. The van der Waals surface area contributed by atoms with E-state index in [-0.39, 0.29) is 27.1 Å². The summed E-state index contributed by atoms with van der Waals surface area (Å²) in [5, 5.41) is 3.05. The van der Waals surface area contributed by atoms with Crippen molar-refractivity contribution < 1.29 is 13.2 Å². The first-order valence-corrected chi connectivity index (χ1v) is 10.8. The number of benzene rings is 3. The lowest BCUT2D eigenvalue weighted by atomic mass is 10.1. The van der Waals surface area contributed by atoms with Crippen LogP contribution in [0.2, 0.25) is 5.02 Å². The SMILES string of the molecule is Cc1ccc(S(=O)(=O)Nc2ccc(Cl)c(C(=O)NCc3cccc(C)c3)c2)cc1. The van der Waals surface area contributed by atoms with Crippen LogP contribution in [0.15, 0.2) is 71.6 Å². The summed E-state index contributed by atoms with van der Waals surface area (Å²) in [6.07, 6.45) is 0. The Kier molecular flexibility index (Phi) is 6.25. The lowest BCUT2D eigenvalue weighted by Crippen LogP contribution is -2.23. The third-order valence-electron chi connectivity index (χ3n) is 4.33.